The predicted molar refractivity (Wildman–Crippen MR) is 113 cm³/mol. The van der Waals surface area contributed by atoms with Gasteiger partial charge in [-0.1, -0.05) is 42.1 Å². The van der Waals surface area contributed by atoms with Gasteiger partial charge in [0.15, 0.2) is 0 Å². The zero-order valence-corrected chi connectivity index (χ0v) is 16.4. The molecule has 29 heavy (non-hydrogen) atoms. The van der Waals surface area contributed by atoms with Crippen molar-refractivity contribution in [2.45, 2.75) is 9.92 Å². The minimum Gasteiger partial charge on any atom is -0.355 e. The lowest BCUT2D eigenvalue weighted by molar-refractivity contribution is 0.0959. The van der Waals surface area contributed by atoms with Gasteiger partial charge in [-0.25, -0.2) is 9.07 Å². The normalized spacial score (nSPS) is 11.2. The van der Waals surface area contributed by atoms with Crippen LogP contribution in [0.25, 0.3) is 23.2 Å². The van der Waals surface area contributed by atoms with Crippen LogP contribution in [0.5, 0.6) is 0 Å². The van der Waals surface area contributed by atoms with Gasteiger partial charge in [0.25, 0.3) is 5.91 Å². The minimum absolute atomic E-state index is 0.246. The fourth-order valence-corrected chi connectivity index (χ4v) is 3.93. The first-order valence-corrected chi connectivity index (χ1v) is 9.74. The molecule has 0 atom stereocenters. The molecule has 0 spiro atoms. The van der Waals surface area contributed by atoms with Crippen molar-refractivity contribution in [2.75, 3.05) is 7.05 Å². The average Bonchev–Trinajstić information content (AvgIpc) is 3.11. The van der Waals surface area contributed by atoms with Crippen molar-refractivity contribution in [1.82, 2.24) is 20.1 Å². The van der Waals surface area contributed by atoms with E-state index < -0.39 is 5.82 Å². The van der Waals surface area contributed by atoms with Gasteiger partial charge in [0.05, 0.1) is 21.7 Å². The standard InChI is InChI=1S/C22H17FN4OS/c1-24-21(28)17-9-6-10-18(23)20(17)29-22-16-8-2-3-11-19(16)27(26-22)14-12-15-7-4-5-13-25-15/h2-14H,1H3,(H,24,28). The van der Waals surface area contributed by atoms with Crippen molar-refractivity contribution in [3.8, 4) is 0 Å². The van der Waals surface area contributed by atoms with Crippen LogP contribution >= 0.6 is 11.8 Å². The van der Waals surface area contributed by atoms with E-state index in [1.807, 2.05) is 54.7 Å². The topological polar surface area (TPSA) is 59.8 Å². The molecular weight excluding hydrogens is 387 g/mol. The van der Waals surface area contributed by atoms with Crippen LogP contribution in [-0.2, 0) is 0 Å². The molecule has 4 aromatic rings. The van der Waals surface area contributed by atoms with Crippen molar-refractivity contribution >= 4 is 40.8 Å². The number of carbonyl (C=O) groups excluding carboxylic acids is 1. The Balaban J connectivity index is 1.77. The van der Waals surface area contributed by atoms with E-state index in [0.717, 1.165) is 28.4 Å². The van der Waals surface area contributed by atoms with Crippen LogP contribution in [0, 0.1) is 5.82 Å². The molecule has 0 bridgehead atoms. The Bertz CT molecular complexity index is 1200. The van der Waals surface area contributed by atoms with Crippen molar-refractivity contribution in [3.05, 3.63) is 83.9 Å². The Labute approximate surface area is 171 Å². The van der Waals surface area contributed by atoms with E-state index in [1.165, 1.54) is 19.2 Å². The van der Waals surface area contributed by atoms with Crippen LogP contribution in [0.4, 0.5) is 4.39 Å². The third-order valence-corrected chi connectivity index (χ3v) is 5.41. The summed E-state index contributed by atoms with van der Waals surface area (Å²) in [5.74, 6) is -0.801. The zero-order valence-electron chi connectivity index (χ0n) is 15.5. The fourth-order valence-electron chi connectivity index (χ4n) is 2.89. The summed E-state index contributed by atoms with van der Waals surface area (Å²) in [6.45, 7) is 0. The Morgan fingerprint density at radius 2 is 1.93 bits per heavy atom. The first-order valence-electron chi connectivity index (χ1n) is 8.92. The van der Waals surface area contributed by atoms with E-state index in [4.69, 9.17) is 0 Å². The van der Waals surface area contributed by atoms with E-state index >= 15 is 0 Å². The molecule has 0 saturated heterocycles. The minimum atomic E-state index is -0.459. The third-order valence-electron chi connectivity index (χ3n) is 4.29. The van der Waals surface area contributed by atoms with Crippen LogP contribution < -0.4 is 5.32 Å². The highest BCUT2D eigenvalue weighted by Crippen LogP contribution is 2.36. The van der Waals surface area contributed by atoms with E-state index in [0.29, 0.717) is 5.03 Å². The second kappa shape index (κ2) is 8.28. The number of fused-ring (bicyclic) bond motifs is 1. The summed E-state index contributed by atoms with van der Waals surface area (Å²) < 4.78 is 16.3. The Morgan fingerprint density at radius 3 is 2.72 bits per heavy atom. The number of rotatable bonds is 5. The lowest BCUT2D eigenvalue weighted by Crippen LogP contribution is -2.19. The van der Waals surface area contributed by atoms with E-state index in [-0.39, 0.29) is 16.4 Å². The molecule has 1 N–H and O–H groups in total. The molecule has 2 aromatic heterocycles. The first kappa shape index (κ1) is 18.9. The van der Waals surface area contributed by atoms with Crippen molar-refractivity contribution in [2.24, 2.45) is 0 Å². The van der Waals surface area contributed by atoms with Crippen LogP contribution in [0.1, 0.15) is 16.1 Å². The van der Waals surface area contributed by atoms with Crippen LogP contribution in [0.2, 0.25) is 0 Å². The monoisotopic (exact) mass is 404 g/mol. The van der Waals surface area contributed by atoms with Crippen molar-refractivity contribution in [3.63, 3.8) is 0 Å². The number of pyridine rings is 1. The maximum absolute atomic E-state index is 14.6. The largest absolute Gasteiger partial charge is 0.355 e. The van der Waals surface area contributed by atoms with Crippen LogP contribution in [0.3, 0.4) is 0 Å². The summed E-state index contributed by atoms with van der Waals surface area (Å²) in [5, 5.41) is 8.67. The third kappa shape index (κ3) is 3.90. The van der Waals surface area contributed by atoms with Gasteiger partial charge >= 0.3 is 0 Å². The molecule has 0 aliphatic heterocycles. The summed E-state index contributed by atoms with van der Waals surface area (Å²) in [4.78, 5) is 16.7. The smallest absolute Gasteiger partial charge is 0.252 e. The molecule has 7 heteroatoms. The van der Waals surface area contributed by atoms with Gasteiger partial charge in [-0.3, -0.25) is 9.78 Å². The molecule has 2 aromatic carbocycles. The van der Waals surface area contributed by atoms with E-state index in [1.54, 1.807) is 16.9 Å². The zero-order chi connectivity index (χ0) is 20.2. The van der Waals surface area contributed by atoms with Gasteiger partial charge < -0.3 is 5.32 Å². The summed E-state index contributed by atoms with van der Waals surface area (Å²) in [6, 6.07) is 17.8. The number of hydrogen-bond acceptors (Lipinski definition) is 4. The van der Waals surface area contributed by atoms with Crippen LogP contribution in [-0.4, -0.2) is 27.7 Å². The molecule has 0 radical (unpaired) electrons. The maximum atomic E-state index is 14.6. The summed E-state index contributed by atoms with van der Waals surface area (Å²) in [5.41, 5.74) is 1.96. The van der Waals surface area contributed by atoms with Gasteiger partial charge in [0, 0.05) is 24.8 Å². The molecular formula is C22H17FN4OS. The molecule has 0 saturated carbocycles. The number of carbonyl (C=O) groups is 1. The number of aromatic nitrogens is 3. The predicted octanol–water partition coefficient (Wildman–Crippen LogP) is 4.71. The van der Waals surface area contributed by atoms with Gasteiger partial charge in [-0.2, -0.15) is 5.10 Å². The molecule has 0 unspecified atom stereocenters. The molecule has 0 aliphatic rings. The van der Waals surface area contributed by atoms with Gasteiger partial charge in [0.2, 0.25) is 0 Å². The Kier molecular flexibility index (Phi) is 5.39. The molecule has 144 valence electrons. The molecule has 1 amide bonds. The number of para-hydroxylation sites is 1. The van der Waals surface area contributed by atoms with Crippen molar-refractivity contribution < 1.29 is 9.18 Å². The highest BCUT2D eigenvalue weighted by molar-refractivity contribution is 7.99. The summed E-state index contributed by atoms with van der Waals surface area (Å²) in [7, 11) is 1.52. The van der Waals surface area contributed by atoms with E-state index in [9.17, 15) is 9.18 Å². The number of nitrogens with zero attached hydrogens (tertiary/aromatic N) is 3. The lowest BCUT2D eigenvalue weighted by Gasteiger charge is -2.08. The number of benzene rings is 2. The number of halogens is 1. The highest BCUT2D eigenvalue weighted by atomic mass is 32.2. The van der Waals surface area contributed by atoms with Crippen LogP contribution in [0.15, 0.2) is 76.8 Å². The van der Waals surface area contributed by atoms with E-state index in [2.05, 4.69) is 15.4 Å². The SMILES string of the molecule is CNC(=O)c1cccc(F)c1Sc1nn(C=Cc2ccccn2)c2ccccc12. The first-order chi connectivity index (χ1) is 14.2. The number of nitrogens with one attached hydrogen (secondary N) is 1. The van der Waals surface area contributed by atoms with Crippen molar-refractivity contribution in [1.29, 1.82) is 0 Å². The molecule has 4 rings (SSSR count). The number of amides is 1. The van der Waals surface area contributed by atoms with Gasteiger partial charge in [-0.05, 0) is 36.4 Å². The summed E-state index contributed by atoms with van der Waals surface area (Å²) in [6.07, 6.45) is 5.39. The van der Waals surface area contributed by atoms with Gasteiger partial charge in [0.1, 0.15) is 10.8 Å². The average molecular weight is 404 g/mol. The molecule has 0 aliphatic carbocycles. The Hall–Kier alpha value is -3.45. The molecule has 2 heterocycles. The Morgan fingerprint density at radius 1 is 1.10 bits per heavy atom. The molecule has 5 nitrogen and oxygen atoms in total. The molecule has 0 fully saturated rings. The fraction of sp³-hybridized carbons (Fsp3) is 0.0455. The highest BCUT2D eigenvalue weighted by Gasteiger charge is 2.18. The lowest BCUT2D eigenvalue weighted by atomic mass is 10.2. The quantitative estimate of drug-likeness (QED) is 0.523. The van der Waals surface area contributed by atoms with Gasteiger partial charge in [-0.15, -0.1) is 0 Å². The number of hydrogen-bond donors (Lipinski definition) is 1. The second-order valence-electron chi connectivity index (χ2n) is 6.13. The maximum Gasteiger partial charge on any atom is 0.252 e. The summed E-state index contributed by atoms with van der Waals surface area (Å²) >= 11 is 1.14. The second-order valence-corrected chi connectivity index (χ2v) is 7.13.